The third-order valence-corrected chi connectivity index (χ3v) is 3.48. The Morgan fingerprint density at radius 2 is 2.33 bits per heavy atom. The van der Waals surface area contributed by atoms with Crippen LogP contribution in [0.15, 0.2) is 33.6 Å². The van der Waals surface area contributed by atoms with E-state index in [9.17, 15) is 0 Å². The van der Waals surface area contributed by atoms with Crippen LogP contribution in [0.5, 0.6) is 0 Å². The molecule has 1 nitrogen and oxygen atoms in total. The first-order valence-corrected chi connectivity index (χ1v) is 6.54. The van der Waals surface area contributed by atoms with Crippen LogP contribution >= 0.6 is 27.7 Å². The highest BCUT2D eigenvalue weighted by molar-refractivity contribution is 9.10. The van der Waals surface area contributed by atoms with Gasteiger partial charge in [-0.3, -0.25) is 0 Å². The summed E-state index contributed by atoms with van der Waals surface area (Å²) in [4.78, 5) is 1.24. The SMILES string of the molecule is CC#CCC(N)CSc1cccc(Br)c1. The van der Waals surface area contributed by atoms with Crippen molar-refractivity contribution in [3.63, 3.8) is 0 Å². The first-order chi connectivity index (χ1) is 7.22. The molecule has 1 aromatic carbocycles. The second-order valence-electron chi connectivity index (χ2n) is 3.16. The predicted molar refractivity (Wildman–Crippen MR) is 70.9 cm³/mol. The molecule has 0 saturated heterocycles. The van der Waals surface area contributed by atoms with Gasteiger partial charge in [-0.25, -0.2) is 0 Å². The Balaban J connectivity index is 2.38. The minimum Gasteiger partial charge on any atom is -0.326 e. The molecule has 15 heavy (non-hydrogen) atoms. The van der Waals surface area contributed by atoms with E-state index in [1.807, 2.05) is 19.1 Å². The summed E-state index contributed by atoms with van der Waals surface area (Å²) in [5.41, 5.74) is 5.91. The zero-order valence-corrected chi connectivity index (χ0v) is 11.1. The predicted octanol–water partition coefficient (Wildman–Crippen LogP) is 3.28. The molecule has 3 heteroatoms. The molecular weight excluding hydrogens is 270 g/mol. The number of hydrogen-bond acceptors (Lipinski definition) is 2. The summed E-state index contributed by atoms with van der Waals surface area (Å²) in [5, 5.41) is 0. The maximum Gasteiger partial charge on any atom is 0.0249 e. The second kappa shape index (κ2) is 6.95. The number of halogens is 1. The third-order valence-electron chi connectivity index (χ3n) is 1.80. The normalized spacial score (nSPS) is 11.7. The Hall–Kier alpha value is -0.430. The molecule has 0 radical (unpaired) electrons. The third kappa shape index (κ3) is 5.27. The highest BCUT2D eigenvalue weighted by Crippen LogP contribution is 2.22. The summed E-state index contributed by atoms with van der Waals surface area (Å²) in [6.45, 7) is 1.84. The molecule has 2 N–H and O–H groups in total. The quantitative estimate of drug-likeness (QED) is 0.678. The van der Waals surface area contributed by atoms with E-state index in [1.165, 1.54) is 4.90 Å². The Morgan fingerprint density at radius 3 is 3.00 bits per heavy atom. The van der Waals surface area contributed by atoms with Crippen LogP contribution in [0.3, 0.4) is 0 Å². The van der Waals surface area contributed by atoms with E-state index < -0.39 is 0 Å². The Bertz CT molecular complexity index is 367. The highest BCUT2D eigenvalue weighted by Gasteiger charge is 2.01. The molecule has 80 valence electrons. The standard InChI is InChI=1S/C12H14BrNS/c1-2-3-6-11(14)9-15-12-7-4-5-10(13)8-12/h4-5,7-8,11H,6,9,14H2,1H3. The molecule has 0 aliphatic carbocycles. The van der Waals surface area contributed by atoms with Gasteiger partial charge in [-0.2, -0.15) is 0 Å². The zero-order chi connectivity index (χ0) is 11.1. The van der Waals surface area contributed by atoms with E-state index in [1.54, 1.807) is 11.8 Å². The summed E-state index contributed by atoms with van der Waals surface area (Å²) >= 11 is 5.21. The molecule has 0 fully saturated rings. The van der Waals surface area contributed by atoms with Crippen LogP contribution in [0.2, 0.25) is 0 Å². The summed E-state index contributed by atoms with van der Waals surface area (Å²) in [5.74, 6) is 6.77. The fourth-order valence-electron chi connectivity index (χ4n) is 1.05. The van der Waals surface area contributed by atoms with Crippen molar-refractivity contribution in [2.45, 2.75) is 24.3 Å². The van der Waals surface area contributed by atoms with Gasteiger partial charge in [-0.05, 0) is 25.1 Å². The summed E-state index contributed by atoms with van der Waals surface area (Å²) in [6.07, 6.45) is 0.775. The average Bonchev–Trinajstić information content (AvgIpc) is 2.23. The van der Waals surface area contributed by atoms with Gasteiger partial charge < -0.3 is 5.73 Å². The van der Waals surface area contributed by atoms with E-state index in [4.69, 9.17) is 5.73 Å². The number of hydrogen-bond donors (Lipinski definition) is 1. The van der Waals surface area contributed by atoms with Crippen LogP contribution < -0.4 is 5.73 Å². The maximum atomic E-state index is 5.91. The van der Waals surface area contributed by atoms with Gasteiger partial charge >= 0.3 is 0 Å². The van der Waals surface area contributed by atoms with Crippen LogP contribution in [0.25, 0.3) is 0 Å². The Kier molecular flexibility index (Phi) is 5.85. The van der Waals surface area contributed by atoms with Crippen molar-refractivity contribution >= 4 is 27.7 Å². The van der Waals surface area contributed by atoms with Crippen molar-refractivity contribution in [3.05, 3.63) is 28.7 Å². The van der Waals surface area contributed by atoms with Crippen molar-refractivity contribution in [2.24, 2.45) is 5.73 Å². The molecule has 0 amide bonds. The summed E-state index contributed by atoms with van der Waals surface area (Å²) < 4.78 is 1.11. The van der Waals surface area contributed by atoms with Crippen molar-refractivity contribution in [1.82, 2.24) is 0 Å². The zero-order valence-electron chi connectivity index (χ0n) is 8.66. The van der Waals surface area contributed by atoms with Crippen LogP contribution in [0.4, 0.5) is 0 Å². The van der Waals surface area contributed by atoms with Crippen LogP contribution in [0.1, 0.15) is 13.3 Å². The molecule has 0 bridgehead atoms. The fraction of sp³-hybridized carbons (Fsp3) is 0.333. The van der Waals surface area contributed by atoms with Gasteiger partial charge in [0.1, 0.15) is 0 Å². The van der Waals surface area contributed by atoms with Crippen LogP contribution in [-0.2, 0) is 0 Å². The number of nitrogens with two attached hydrogens (primary N) is 1. The van der Waals surface area contributed by atoms with Gasteiger partial charge in [0.2, 0.25) is 0 Å². The molecule has 1 aromatic rings. The Morgan fingerprint density at radius 1 is 1.53 bits per heavy atom. The van der Waals surface area contributed by atoms with Gasteiger partial charge in [0.05, 0.1) is 0 Å². The molecule has 0 heterocycles. The lowest BCUT2D eigenvalue weighted by Crippen LogP contribution is -2.21. The molecule has 0 spiro atoms. The van der Waals surface area contributed by atoms with Crippen molar-refractivity contribution in [3.8, 4) is 11.8 Å². The van der Waals surface area contributed by atoms with Crippen molar-refractivity contribution in [1.29, 1.82) is 0 Å². The first kappa shape index (κ1) is 12.6. The van der Waals surface area contributed by atoms with E-state index in [0.29, 0.717) is 0 Å². The van der Waals surface area contributed by atoms with E-state index in [-0.39, 0.29) is 6.04 Å². The molecule has 1 unspecified atom stereocenters. The molecule has 0 saturated carbocycles. The smallest absolute Gasteiger partial charge is 0.0249 e. The molecule has 1 atom stereocenters. The van der Waals surface area contributed by atoms with E-state index in [2.05, 4.69) is 39.9 Å². The lowest BCUT2D eigenvalue weighted by molar-refractivity contribution is 0.782. The monoisotopic (exact) mass is 283 g/mol. The van der Waals surface area contributed by atoms with Crippen molar-refractivity contribution < 1.29 is 0 Å². The second-order valence-corrected chi connectivity index (χ2v) is 5.17. The number of benzene rings is 1. The van der Waals surface area contributed by atoms with Crippen molar-refractivity contribution in [2.75, 3.05) is 5.75 Å². The van der Waals surface area contributed by atoms with Gasteiger partial charge in [-0.1, -0.05) is 22.0 Å². The molecule has 0 aliphatic heterocycles. The van der Waals surface area contributed by atoms with E-state index in [0.717, 1.165) is 16.6 Å². The summed E-state index contributed by atoms with van der Waals surface area (Å²) in [7, 11) is 0. The topological polar surface area (TPSA) is 26.0 Å². The summed E-state index contributed by atoms with van der Waals surface area (Å²) in [6, 6.07) is 8.40. The number of rotatable bonds is 4. The van der Waals surface area contributed by atoms with Gasteiger partial charge in [-0.15, -0.1) is 23.6 Å². The maximum absolute atomic E-state index is 5.91. The lowest BCUT2D eigenvalue weighted by atomic mass is 10.2. The molecule has 0 aliphatic rings. The van der Waals surface area contributed by atoms with Gasteiger partial charge in [0.25, 0.3) is 0 Å². The first-order valence-electron chi connectivity index (χ1n) is 4.76. The highest BCUT2D eigenvalue weighted by atomic mass is 79.9. The fourth-order valence-corrected chi connectivity index (χ4v) is 2.51. The molecular formula is C12H14BrNS. The minimum absolute atomic E-state index is 0.154. The average molecular weight is 284 g/mol. The largest absolute Gasteiger partial charge is 0.326 e. The lowest BCUT2D eigenvalue weighted by Gasteiger charge is -2.07. The molecule has 1 rings (SSSR count). The van der Waals surface area contributed by atoms with Crippen LogP contribution in [0, 0.1) is 11.8 Å². The van der Waals surface area contributed by atoms with Gasteiger partial charge in [0, 0.05) is 27.6 Å². The van der Waals surface area contributed by atoms with Gasteiger partial charge in [0.15, 0.2) is 0 Å². The van der Waals surface area contributed by atoms with E-state index >= 15 is 0 Å². The Labute approximate surface area is 104 Å². The minimum atomic E-state index is 0.154. The van der Waals surface area contributed by atoms with Crippen LogP contribution in [-0.4, -0.2) is 11.8 Å². The molecule has 0 aromatic heterocycles. The number of thioether (sulfide) groups is 1.